The Bertz CT molecular complexity index is 486. The molecular formula is C15H22N2O3. The van der Waals surface area contributed by atoms with Crippen molar-refractivity contribution >= 4 is 5.91 Å². The Morgan fingerprint density at radius 3 is 2.65 bits per heavy atom. The average molecular weight is 278 g/mol. The number of benzene rings is 1. The summed E-state index contributed by atoms with van der Waals surface area (Å²) in [6.07, 6.45) is 0.965. The summed E-state index contributed by atoms with van der Waals surface area (Å²) >= 11 is 0. The number of carbonyl (C=O) groups excluding carboxylic acids is 1. The van der Waals surface area contributed by atoms with E-state index in [1.54, 1.807) is 4.90 Å². The van der Waals surface area contributed by atoms with Crippen LogP contribution in [-0.4, -0.2) is 58.1 Å². The van der Waals surface area contributed by atoms with Crippen LogP contribution in [0, 0.1) is 0 Å². The van der Waals surface area contributed by atoms with Gasteiger partial charge in [0, 0.05) is 25.2 Å². The molecular weight excluding hydrogens is 256 g/mol. The lowest BCUT2D eigenvalue weighted by atomic mass is 10.1. The number of amides is 1. The van der Waals surface area contributed by atoms with E-state index in [0.717, 1.165) is 19.5 Å². The van der Waals surface area contributed by atoms with Gasteiger partial charge in [-0.05, 0) is 31.6 Å². The van der Waals surface area contributed by atoms with Crippen LogP contribution < -0.4 is 0 Å². The van der Waals surface area contributed by atoms with Crippen molar-refractivity contribution in [2.45, 2.75) is 26.3 Å². The Kier molecular flexibility index (Phi) is 4.49. The molecule has 1 aliphatic rings. The fourth-order valence-electron chi connectivity index (χ4n) is 2.84. The summed E-state index contributed by atoms with van der Waals surface area (Å²) in [7, 11) is 0. The lowest BCUT2D eigenvalue weighted by Crippen LogP contribution is -2.38. The molecule has 1 heterocycles. The minimum absolute atomic E-state index is 0.0403. The molecule has 0 aliphatic carbocycles. The zero-order chi connectivity index (χ0) is 14.7. The molecule has 1 saturated heterocycles. The molecule has 1 atom stereocenters. The van der Waals surface area contributed by atoms with E-state index in [9.17, 15) is 15.0 Å². The molecule has 110 valence electrons. The number of carbonyl (C=O) groups is 1. The number of hydrogen-bond acceptors (Lipinski definition) is 4. The molecule has 0 saturated carbocycles. The number of aromatic hydroxyl groups is 2. The molecule has 5 heteroatoms. The SMILES string of the molecule is CCN(CC)[C@H]1CCN(C(=O)c2ccc(O)cc2O)C1. The monoisotopic (exact) mass is 278 g/mol. The number of phenols is 2. The van der Waals surface area contributed by atoms with Gasteiger partial charge in [0.1, 0.15) is 11.5 Å². The van der Waals surface area contributed by atoms with E-state index in [2.05, 4.69) is 18.7 Å². The predicted octanol–water partition coefficient (Wildman–Crippen LogP) is 1.65. The first-order chi connectivity index (χ1) is 9.56. The molecule has 0 radical (unpaired) electrons. The van der Waals surface area contributed by atoms with E-state index in [1.807, 2.05) is 0 Å². The Labute approximate surface area is 119 Å². The first-order valence-corrected chi connectivity index (χ1v) is 7.12. The van der Waals surface area contributed by atoms with Crippen LogP contribution in [-0.2, 0) is 0 Å². The van der Waals surface area contributed by atoms with Crippen LogP contribution in [0.4, 0.5) is 0 Å². The Hall–Kier alpha value is -1.75. The van der Waals surface area contributed by atoms with Crippen molar-refractivity contribution in [3.63, 3.8) is 0 Å². The Balaban J connectivity index is 2.08. The third-order valence-electron chi connectivity index (χ3n) is 3.99. The third-order valence-corrected chi connectivity index (χ3v) is 3.99. The molecule has 2 N–H and O–H groups in total. The lowest BCUT2D eigenvalue weighted by Gasteiger charge is -2.26. The van der Waals surface area contributed by atoms with Gasteiger partial charge in [-0.25, -0.2) is 0 Å². The first kappa shape index (κ1) is 14.7. The lowest BCUT2D eigenvalue weighted by molar-refractivity contribution is 0.0775. The van der Waals surface area contributed by atoms with Gasteiger partial charge in [0.15, 0.2) is 0 Å². The van der Waals surface area contributed by atoms with E-state index < -0.39 is 0 Å². The smallest absolute Gasteiger partial charge is 0.257 e. The van der Waals surface area contributed by atoms with Gasteiger partial charge in [-0.2, -0.15) is 0 Å². The molecule has 1 amide bonds. The van der Waals surface area contributed by atoms with Crippen LogP contribution in [0.1, 0.15) is 30.6 Å². The van der Waals surface area contributed by atoms with Crippen molar-refractivity contribution < 1.29 is 15.0 Å². The fraction of sp³-hybridized carbons (Fsp3) is 0.533. The number of hydrogen-bond donors (Lipinski definition) is 2. The molecule has 0 unspecified atom stereocenters. The number of phenolic OH excluding ortho intramolecular Hbond substituents is 2. The predicted molar refractivity (Wildman–Crippen MR) is 77.0 cm³/mol. The molecule has 1 aliphatic heterocycles. The highest BCUT2D eigenvalue weighted by Gasteiger charge is 2.30. The second-order valence-corrected chi connectivity index (χ2v) is 5.12. The first-order valence-electron chi connectivity index (χ1n) is 7.12. The highest BCUT2D eigenvalue weighted by molar-refractivity contribution is 5.97. The normalized spacial score (nSPS) is 18.8. The van der Waals surface area contributed by atoms with E-state index in [1.165, 1.54) is 18.2 Å². The molecule has 0 bridgehead atoms. The van der Waals surface area contributed by atoms with Crippen LogP contribution in [0.5, 0.6) is 11.5 Å². The van der Waals surface area contributed by atoms with Gasteiger partial charge in [-0.3, -0.25) is 9.69 Å². The highest BCUT2D eigenvalue weighted by Crippen LogP contribution is 2.26. The van der Waals surface area contributed by atoms with Gasteiger partial charge in [0.25, 0.3) is 5.91 Å². The van der Waals surface area contributed by atoms with Crippen molar-refractivity contribution in [3.05, 3.63) is 23.8 Å². The van der Waals surface area contributed by atoms with Gasteiger partial charge >= 0.3 is 0 Å². The maximum absolute atomic E-state index is 12.4. The maximum atomic E-state index is 12.4. The van der Waals surface area contributed by atoms with Crippen molar-refractivity contribution in [1.82, 2.24) is 9.80 Å². The molecule has 1 fully saturated rings. The number of nitrogens with zero attached hydrogens (tertiary/aromatic N) is 2. The van der Waals surface area contributed by atoms with E-state index in [4.69, 9.17) is 0 Å². The third kappa shape index (κ3) is 2.88. The molecule has 0 aromatic heterocycles. The summed E-state index contributed by atoms with van der Waals surface area (Å²) in [5.74, 6) is -0.375. The zero-order valence-electron chi connectivity index (χ0n) is 12.0. The standard InChI is InChI=1S/C15H22N2O3/c1-3-16(4-2)11-7-8-17(10-11)15(20)13-6-5-12(18)9-14(13)19/h5-6,9,11,18-19H,3-4,7-8,10H2,1-2H3/t11-/m0/s1. The van der Waals surface area contributed by atoms with Crippen LogP contribution >= 0.6 is 0 Å². The quantitative estimate of drug-likeness (QED) is 0.879. The van der Waals surface area contributed by atoms with Gasteiger partial charge in [-0.1, -0.05) is 13.8 Å². The average Bonchev–Trinajstić information content (AvgIpc) is 2.89. The minimum atomic E-state index is -0.169. The summed E-state index contributed by atoms with van der Waals surface area (Å²) in [5, 5.41) is 19.0. The molecule has 0 spiro atoms. The van der Waals surface area contributed by atoms with Crippen LogP contribution in [0.2, 0.25) is 0 Å². The van der Waals surface area contributed by atoms with Gasteiger partial charge in [0.05, 0.1) is 5.56 Å². The van der Waals surface area contributed by atoms with Crippen molar-refractivity contribution in [1.29, 1.82) is 0 Å². The summed E-state index contributed by atoms with van der Waals surface area (Å²) in [4.78, 5) is 16.5. The molecule has 1 aromatic rings. The number of rotatable bonds is 4. The summed E-state index contributed by atoms with van der Waals surface area (Å²) in [5.41, 5.74) is 0.253. The summed E-state index contributed by atoms with van der Waals surface area (Å²) in [6, 6.07) is 4.49. The Morgan fingerprint density at radius 1 is 1.35 bits per heavy atom. The molecule has 1 aromatic carbocycles. The molecule has 20 heavy (non-hydrogen) atoms. The second-order valence-electron chi connectivity index (χ2n) is 5.12. The fourth-order valence-corrected chi connectivity index (χ4v) is 2.84. The van der Waals surface area contributed by atoms with Crippen molar-refractivity contribution in [3.8, 4) is 11.5 Å². The Morgan fingerprint density at radius 2 is 2.05 bits per heavy atom. The van der Waals surface area contributed by atoms with Crippen LogP contribution in [0.3, 0.4) is 0 Å². The molecule has 2 rings (SSSR count). The highest BCUT2D eigenvalue weighted by atomic mass is 16.3. The zero-order valence-corrected chi connectivity index (χ0v) is 12.0. The van der Waals surface area contributed by atoms with E-state index >= 15 is 0 Å². The largest absolute Gasteiger partial charge is 0.508 e. The summed E-state index contributed by atoms with van der Waals surface area (Å²) in [6.45, 7) is 7.61. The van der Waals surface area contributed by atoms with Gasteiger partial charge < -0.3 is 15.1 Å². The van der Waals surface area contributed by atoms with E-state index in [0.29, 0.717) is 19.1 Å². The van der Waals surface area contributed by atoms with Crippen LogP contribution in [0.15, 0.2) is 18.2 Å². The van der Waals surface area contributed by atoms with E-state index in [-0.39, 0.29) is 23.0 Å². The van der Waals surface area contributed by atoms with Crippen molar-refractivity contribution in [2.75, 3.05) is 26.2 Å². The number of likely N-dealkylation sites (tertiary alicyclic amines) is 1. The van der Waals surface area contributed by atoms with Crippen molar-refractivity contribution in [2.24, 2.45) is 0 Å². The number of likely N-dealkylation sites (N-methyl/N-ethyl adjacent to an activating group) is 1. The summed E-state index contributed by atoms with van der Waals surface area (Å²) < 4.78 is 0. The second kappa shape index (κ2) is 6.13. The topological polar surface area (TPSA) is 64.0 Å². The molecule has 5 nitrogen and oxygen atoms in total. The minimum Gasteiger partial charge on any atom is -0.508 e. The van der Waals surface area contributed by atoms with Gasteiger partial charge in [0.2, 0.25) is 0 Å². The van der Waals surface area contributed by atoms with Crippen LogP contribution in [0.25, 0.3) is 0 Å². The maximum Gasteiger partial charge on any atom is 0.257 e. The van der Waals surface area contributed by atoms with Gasteiger partial charge in [-0.15, -0.1) is 0 Å².